The maximum absolute atomic E-state index is 13.6. The maximum atomic E-state index is 13.6. The lowest BCUT2D eigenvalue weighted by molar-refractivity contribution is -0.167. The molecule has 0 aromatic heterocycles. The molecular weight excluding hydrogens is 396 g/mol. The van der Waals surface area contributed by atoms with Crippen LogP contribution in [0.4, 0.5) is 0 Å². The molecule has 3 saturated carbocycles. The van der Waals surface area contributed by atoms with Crippen molar-refractivity contribution in [1.82, 2.24) is 0 Å². The van der Waals surface area contributed by atoms with Crippen LogP contribution in [0.2, 0.25) is 0 Å². The fourth-order valence-electron chi connectivity index (χ4n) is 7.63. The molecule has 170 valence electrons. The third kappa shape index (κ3) is 3.66. The summed E-state index contributed by atoms with van der Waals surface area (Å²) in [6, 6.07) is 0. The van der Waals surface area contributed by atoms with E-state index in [0.29, 0.717) is 17.9 Å². The molecule has 0 amide bonds. The van der Waals surface area contributed by atoms with Gasteiger partial charge in [0.2, 0.25) is 0 Å². The minimum atomic E-state index is -0.468. The van der Waals surface area contributed by atoms with Gasteiger partial charge in [0.05, 0.1) is 0 Å². The van der Waals surface area contributed by atoms with Gasteiger partial charge in [0.15, 0.2) is 12.4 Å². The van der Waals surface area contributed by atoms with Crippen molar-refractivity contribution in [2.75, 3.05) is 6.61 Å². The lowest BCUT2D eigenvalue weighted by atomic mass is 9.44. The minimum Gasteiger partial charge on any atom is -0.463 e. The summed E-state index contributed by atoms with van der Waals surface area (Å²) in [4.78, 5) is 49.0. The van der Waals surface area contributed by atoms with Gasteiger partial charge in [-0.1, -0.05) is 19.9 Å². The fourth-order valence-corrected chi connectivity index (χ4v) is 7.63. The van der Waals surface area contributed by atoms with Gasteiger partial charge in [0.1, 0.15) is 11.9 Å². The highest BCUT2D eigenvalue weighted by atomic mass is 16.5. The van der Waals surface area contributed by atoms with Crippen LogP contribution in [0.5, 0.6) is 0 Å². The van der Waals surface area contributed by atoms with Gasteiger partial charge in [-0.2, -0.15) is 0 Å². The molecule has 0 bridgehead atoms. The van der Waals surface area contributed by atoms with Crippen LogP contribution in [0.15, 0.2) is 11.6 Å². The van der Waals surface area contributed by atoms with E-state index in [1.807, 2.05) is 6.08 Å². The smallest absolute Gasteiger partial charge is 0.303 e. The van der Waals surface area contributed by atoms with Crippen molar-refractivity contribution in [1.29, 1.82) is 0 Å². The molecule has 7 unspecified atom stereocenters. The topological polar surface area (TPSA) is 86.7 Å². The zero-order valence-electron chi connectivity index (χ0n) is 19.1. The Bertz CT molecular complexity index is 843. The van der Waals surface area contributed by atoms with Crippen LogP contribution < -0.4 is 0 Å². The zero-order valence-corrected chi connectivity index (χ0v) is 19.1. The molecule has 6 heteroatoms. The summed E-state index contributed by atoms with van der Waals surface area (Å²) in [6.45, 7) is 6.84. The van der Waals surface area contributed by atoms with Gasteiger partial charge in [-0.3, -0.25) is 19.2 Å². The number of Topliss-reactive ketones (excluding diaryl/α,β-unsaturated/α-hetero) is 2. The van der Waals surface area contributed by atoms with Crippen molar-refractivity contribution < 1.29 is 28.7 Å². The van der Waals surface area contributed by atoms with Crippen LogP contribution in [0.3, 0.4) is 0 Å². The molecule has 3 fully saturated rings. The Kier molecular flexibility index (Phi) is 5.63. The van der Waals surface area contributed by atoms with Crippen LogP contribution in [-0.2, 0) is 28.7 Å². The number of hydrogen-bond donors (Lipinski definition) is 0. The normalized spacial score (nSPS) is 41.4. The highest BCUT2D eigenvalue weighted by Crippen LogP contribution is 2.65. The summed E-state index contributed by atoms with van der Waals surface area (Å²) >= 11 is 0. The quantitative estimate of drug-likeness (QED) is 0.631. The number of esters is 2. The largest absolute Gasteiger partial charge is 0.463 e. The van der Waals surface area contributed by atoms with Gasteiger partial charge in [0, 0.05) is 37.2 Å². The van der Waals surface area contributed by atoms with E-state index in [1.165, 1.54) is 13.8 Å². The predicted octanol–water partition coefficient (Wildman–Crippen LogP) is 3.81. The Morgan fingerprint density at radius 1 is 1.10 bits per heavy atom. The molecular formula is C25H34O6. The maximum Gasteiger partial charge on any atom is 0.303 e. The molecule has 0 heterocycles. The molecule has 0 aromatic carbocycles. The van der Waals surface area contributed by atoms with Crippen molar-refractivity contribution >= 4 is 23.5 Å². The first-order chi connectivity index (χ1) is 14.6. The van der Waals surface area contributed by atoms with Crippen LogP contribution in [0.25, 0.3) is 0 Å². The number of fused-ring (bicyclic) bond motifs is 5. The molecule has 6 nitrogen and oxygen atoms in total. The molecule has 0 saturated heterocycles. The van der Waals surface area contributed by atoms with Gasteiger partial charge >= 0.3 is 11.9 Å². The van der Waals surface area contributed by atoms with Crippen molar-refractivity contribution in [3.05, 3.63) is 11.6 Å². The fraction of sp³-hybridized carbons (Fsp3) is 0.760. The van der Waals surface area contributed by atoms with E-state index >= 15 is 0 Å². The molecule has 4 aliphatic carbocycles. The highest BCUT2D eigenvalue weighted by molar-refractivity contribution is 6.00. The van der Waals surface area contributed by atoms with Crippen LogP contribution in [-0.4, -0.2) is 36.2 Å². The summed E-state index contributed by atoms with van der Waals surface area (Å²) in [6.07, 6.45) is 7.73. The summed E-state index contributed by atoms with van der Waals surface area (Å²) < 4.78 is 10.5. The van der Waals surface area contributed by atoms with E-state index in [-0.39, 0.29) is 53.4 Å². The Morgan fingerprint density at radius 2 is 1.84 bits per heavy atom. The minimum absolute atomic E-state index is 0.0129. The number of hydrogen-bond acceptors (Lipinski definition) is 6. The van der Waals surface area contributed by atoms with Crippen molar-refractivity contribution in [3.8, 4) is 0 Å². The van der Waals surface area contributed by atoms with Crippen molar-refractivity contribution in [2.24, 2.45) is 34.5 Å². The second-order valence-corrected chi connectivity index (χ2v) is 10.7. The van der Waals surface area contributed by atoms with Crippen molar-refractivity contribution in [3.63, 3.8) is 0 Å². The third-order valence-corrected chi connectivity index (χ3v) is 8.93. The van der Waals surface area contributed by atoms with E-state index < -0.39 is 11.4 Å². The van der Waals surface area contributed by atoms with Gasteiger partial charge in [0.25, 0.3) is 0 Å². The first-order valence-electron chi connectivity index (χ1n) is 11.6. The monoisotopic (exact) mass is 430 g/mol. The molecule has 31 heavy (non-hydrogen) atoms. The summed E-state index contributed by atoms with van der Waals surface area (Å²) in [5.74, 6) is 0.351. The highest BCUT2D eigenvalue weighted by Gasteiger charge is 2.62. The van der Waals surface area contributed by atoms with E-state index in [1.54, 1.807) is 0 Å². The van der Waals surface area contributed by atoms with E-state index in [2.05, 4.69) is 13.8 Å². The Morgan fingerprint density at radius 3 is 2.52 bits per heavy atom. The lowest BCUT2D eigenvalue weighted by Crippen LogP contribution is -2.57. The Balaban J connectivity index is 1.54. The number of carbonyl (C=O) groups excluding carboxylic acids is 4. The van der Waals surface area contributed by atoms with E-state index in [4.69, 9.17) is 9.47 Å². The van der Waals surface area contributed by atoms with Crippen LogP contribution in [0.1, 0.15) is 72.6 Å². The molecule has 0 radical (unpaired) electrons. The average Bonchev–Trinajstić information content (AvgIpc) is 3.02. The average molecular weight is 431 g/mol. The molecule has 0 N–H and O–H groups in total. The standard InChI is InChI=1S/C25H34O6/c1-14(26)30-13-22(29)20-8-7-19-18-6-5-16-11-17(31-15(2)27)9-10-24(16,3)23(18)21(28)12-25(19,20)4/h8,16-19,23H,5-7,9-13H2,1-4H3. The number of ether oxygens (including phenoxy) is 2. The number of carbonyl (C=O) groups is 4. The summed E-state index contributed by atoms with van der Waals surface area (Å²) in [5, 5.41) is 0. The summed E-state index contributed by atoms with van der Waals surface area (Å²) in [7, 11) is 0. The first-order valence-corrected chi connectivity index (χ1v) is 11.6. The predicted molar refractivity (Wildman–Crippen MR) is 113 cm³/mol. The molecule has 0 spiro atoms. The van der Waals surface area contributed by atoms with E-state index in [9.17, 15) is 19.2 Å². The number of allylic oxidation sites excluding steroid dienone is 1. The zero-order chi connectivity index (χ0) is 22.6. The number of ketones is 2. The number of rotatable bonds is 4. The van der Waals surface area contributed by atoms with E-state index in [0.717, 1.165) is 38.5 Å². The molecule has 4 rings (SSSR count). The lowest BCUT2D eigenvalue weighted by Gasteiger charge is -2.59. The second-order valence-electron chi connectivity index (χ2n) is 10.7. The molecule has 4 aliphatic rings. The SMILES string of the molecule is CC(=O)OCC(=O)C1=CCC2C3CCC4CC(OC(C)=O)CCC4(C)C3C(=O)CC12C. The molecule has 7 atom stereocenters. The van der Waals surface area contributed by atoms with Crippen molar-refractivity contribution in [2.45, 2.75) is 78.7 Å². The summed E-state index contributed by atoms with van der Waals surface area (Å²) in [5.41, 5.74) is 0.146. The molecule has 0 aliphatic heterocycles. The molecule has 0 aromatic rings. The van der Waals surface area contributed by atoms with Gasteiger partial charge < -0.3 is 9.47 Å². The Hall–Kier alpha value is -1.98. The van der Waals surface area contributed by atoms with Crippen LogP contribution in [0, 0.1) is 34.5 Å². The van der Waals surface area contributed by atoms with Gasteiger partial charge in [-0.05, 0) is 61.7 Å². The second kappa shape index (κ2) is 7.86. The first kappa shape index (κ1) is 22.2. The Labute approximate surface area is 184 Å². The van der Waals surface area contributed by atoms with Gasteiger partial charge in [-0.25, -0.2) is 0 Å². The van der Waals surface area contributed by atoms with Crippen LogP contribution >= 0.6 is 0 Å². The third-order valence-electron chi connectivity index (χ3n) is 8.93. The van der Waals surface area contributed by atoms with Gasteiger partial charge in [-0.15, -0.1) is 0 Å².